The van der Waals surface area contributed by atoms with Gasteiger partial charge in [-0.1, -0.05) is 30.5 Å². The number of rotatable bonds is 11. The molecule has 1 saturated carbocycles. The molecule has 10 nitrogen and oxygen atoms in total. The summed E-state index contributed by atoms with van der Waals surface area (Å²) >= 11 is 6.46. The molecule has 210 valence electrons. The fourth-order valence-corrected chi connectivity index (χ4v) is 6.32. The number of hydrogen-bond acceptors (Lipinski definition) is 9. The molecule has 0 radical (unpaired) electrons. The van der Waals surface area contributed by atoms with Gasteiger partial charge in [-0.05, 0) is 61.8 Å². The topological polar surface area (TPSA) is 118 Å². The SMILES string of the molecule is COCCNC1CCc2ccc(N(OC)c3ncc(Cl)c(N[C@@H]4CCCC[C@H]4NS(C)(=O)=O)n3)cc2CC1. The van der Waals surface area contributed by atoms with Crippen molar-refractivity contribution in [2.24, 2.45) is 0 Å². The van der Waals surface area contributed by atoms with Gasteiger partial charge in [0, 0.05) is 31.8 Å². The lowest BCUT2D eigenvalue weighted by Gasteiger charge is -2.33. The smallest absolute Gasteiger partial charge is 0.256 e. The van der Waals surface area contributed by atoms with Crippen LogP contribution in [0.4, 0.5) is 17.5 Å². The highest BCUT2D eigenvalue weighted by molar-refractivity contribution is 7.88. The van der Waals surface area contributed by atoms with Crippen LogP contribution in [0.15, 0.2) is 24.4 Å². The predicted octanol–water partition coefficient (Wildman–Crippen LogP) is 3.59. The third-order valence-electron chi connectivity index (χ3n) is 7.24. The molecule has 1 fully saturated rings. The molecule has 0 spiro atoms. The van der Waals surface area contributed by atoms with E-state index in [1.807, 2.05) is 6.07 Å². The molecule has 0 amide bonds. The van der Waals surface area contributed by atoms with Gasteiger partial charge in [-0.15, -0.1) is 0 Å². The summed E-state index contributed by atoms with van der Waals surface area (Å²) in [5, 5.41) is 8.92. The molecule has 38 heavy (non-hydrogen) atoms. The van der Waals surface area contributed by atoms with Gasteiger partial charge < -0.3 is 15.4 Å². The van der Waals surface area contributed by atoms with Crippen molar-refractivity contribution in [1.82, 2.24) is 20.0 Å². The van der Waals surface area contributed by atoms with Crippen molar-refractivity contribution in [2.45, 2.75) is 69.5 Å². The van der Waals surface area contributed by atoms with Crippen LogP contribution in [0.3, 0.4) is 0 Å². The molecule has 2 aromatic rings. The average Bonchev–Trinajstić information content (AvgIpc) is 3.09. The minimum Gasteiger partial charge on any atom is -0.383 e. The molecule has 1 aromatic heterocycles. The predicted molar refractivity (Wildman–Crippen MR) is 151 cm³/mol. The Labute approximate surface area is 230 Å². The number of aromatic nitrogens is 2. The third kappa shape index (κ3) is 7.77. The Morgan fingerprint density at radius 2 is 1.82 bits per heavy atom. The summed E-state index contributed by atoms with van der Waals surface area (Å²) in [6.45, 7) is 1.57. The monoisotopic (exact) mass is 566 g/mol. The Hall–Kier alpha value is -2.02. The Bertz CT molecular complexity index is 1180. The van der Waals surface area contributed by atoms with Crippen LogP contribution in [-0.2, 0) is 32.4 Å². The molecule has 0 saturated heterocycles. The van der Waals surface area contributed by atoms with E-state index in [4.69, 9.17) is 21.2 Å². The Balaban J connectivity index is 1.51. The average molecular weight is 567 g/mol. The van der Waals surface area contributed by atoms with E-state index in [2.05, 4.69) is 37.5 Å². The molecule has 0 bridgehead atoms. The van der Waals surface area contributed by atoms with E-state index in [0.717, 1.165) is 63.6 Å². The zero-order chi connectivity index (χ0) is 27.1. The second-order valence-electron chi connectivity index (χ2n) is 10.0. The van der Waals surface area contributed by atoms with Crippen molar-refractivity contribution < 1.29 is 18.0 Å². The minimum absolute atomic E-state index is 0.132. The van der Waals surface area contributed by atoms with Gasteiger partial charge in [0.2, 0.25) is 10.0 Å². The number of anilines is 3. The first-order chi connectivity index (χ1) is 18.3. The van der Waals surface area contributed by atoms with E-state index >= 15 is 0 Å². The van der Waals surface area contributed by atoms with Crippen LogP contribution in [0, 0.1) is 0 Å². The highest BCUT2D eigenvalue weighted by atomic mass is 35.5. The van der Waals surface area contributed by atoms with Gasteiger partial charge in [0.05, 0.1) is 31.9 Å². The van der Waals surface area contributed by atoms with Crippen LogP contribution < -0.4 is 20.4 Å². The molecule has 1 aromatic carbocycles. The Morgan fingerprint density at radius 3 is 2.53 bits per heavy atom. The van der Waals surface area contributed by atoms with Gasteiger partial charge in [-0.3, -0.25) is 4.84 Å². The van der Waals surface area contributed by atoms with Crippen molar-refractivity contribution in [3.8, 4) is 0 Å². The number of hydrogen-bond donors (Lipinski definition) is 3. The molecule has 3 N–H and O–H groups in total. The van der Waals surface area contributed by atoms with Gasteiger partial charge in [0.15, 0.2) is 5.82 Å². The Morgan fingerprint density at radius 1 is 1.08 bits per heavy atom. The molecule has 2 aliphatic carbocycles. The van der Waals surface area contributed by atoms with Crippen molar-refractivity contribution in [3.63, 3.8) is 0 Å². The summed E-state index contributed by atoms with van der Waals surface area (Å²) in [6, 6.07) is 6.44. The summed E-state index contributed by atoms with van der Waals surface area (Å²) in [4.78, 5) is 14.8. The van der Waals surface area contributed by atoms with Crippen molar-refractivity contribution >= 4 is 39.1 Å². The number of halogens is 1. The van der Waals surface area contributed by atoms with Crippen LogP contribution >= 0.6 is 11.6 Å². The molecule has 1 heterocycles. The molecule has 2 aliphatic rings. The van der Waals surface area contributed by atoms with Crippen LogP contribution in [0.2, 0.25) is 5.02 Å². The fraction of sp³-hybridized carbons (Fsp3) is 0.615. The van der Waals surface area contributed by atoms with Crippen LogP contribution in [0.1, 0.15) is 49.7 Å². The number of nitrogens with zero attached hydrogens (tertiary/aromatic N) is 3. The van der Waals surface area contributed by atoms with Gasteiger partial charge in [-0.2, -0.15) is 10.0 Å². The zero-order valence-electron chi connectivity index (χ0n) is 22.4. The number of nitrogens with one attached hydrogen (secondary N) is 3. The van der Waals surface area contributed by atoms with Crippen molar-refractivity contribution in [3.05, 3.63) is 40.5 Å². The second-order valence-corrected chi connectivity index (χ2v) is 12.2. The van der Waals surface area contributed by atoms with Gasteiger partial charge in [0.25, 0.3) is 5.95 Å². The fourth-order valence-electron chi connectivity index (χ4n) is 5.34. The van der Waals surface area contributed by atoms with Crippen molar-refractivity contribution in [1.29, 1.82) is 0 Å². The number of methoxy groups -OCH3 is 1. The third-order valence-corrected chi connectivity index (χ3v) is 8.24. The molecular formula is C26H39ClN6O4S. The normalized spacial score (nSPS) is 21.9. The quantitative estimate of drug-likeness (QED) is 0.213. The highest BCUT2D eigenvalue weighted by Crippen LogP contribution is 2.31. The number of benzene rings is 1. The first-order valence-electron chi connectivity index (χ1n) is 13.2. The lowest BCUT2D eigenvalue weighted by molar-refractivity contribution is 0.194. The van der Waals surface area contributed by atoms with E-state index in [0.29, 0.717) is 29.4 Å². The summed E-state index contributed by atoms with van der Waals surface area (Å²) < 4.78 is 31.7. The van der Waals surface area contributed by atoms with E-state index in [-0.39, 0.29) is 12.1 Å². The van der Waals surface area contributed by atoms with E-state index in [9.17, 15) is 8.42 Å². The summed E-state index contributed by atoms with van der Waals surface area (Å²) in [6.07, 6.45) is 10.4. The van der Waals surface area contributed by atoms with Gasteiger partial charge in [0.1, 0.15) is 5.02 Å². The number of ether oxygens (including phenoxy) is 1. The first kappa shape index (κ1) is 29.0. The largest absolute Gasteiger partial charge is 0.383 e. The molecule has 1 unspecified atom stereocenters. The van der Waals surface area contributed by atoms with Gasteiger partial charge >= 0.3 is 0 Å². The lowest BCUT2D eigenvalue weighted by atomic mass is 9.91. The van der Waals surface area contributed by atoms with Crippen LogP contribution in [-0.4, -0.2) is 70.1 Å². The van der Waals surface area contributed by atoms with Crippen molar-refractivity contribution in [2.75, 3.05) is 44.0 Å². The number of aryl methyl sites for hydroxylation is 2. The second kappa shape index (κ2) is 13.4. The molecular weight excluding hydrogens is 528 g/mol. The molecule has 3 atom stereocenters. The van der Waals surface area contributed by atoms with Crippen LogP contribution in [0.5, 0.6) is 0 Å². The standard InChI is InChI=1S/C26H39ClN6O4S/c1-36-15-14-28-20-11-8-18-10-13-21(16-19(18)9-12-20)33(37-2)26-29-17-22(27)25(31-26)30-23-6-4-5-7-24(23)32-38(3,34)35/h10,13,16-17,20,23-24,28,32H,4-9,11-12,14-15H2,1-3H3,(H,29,30,31)/t20?,23-,24-/m1/s1. The molecule has 0 aliphatic heterocycles. The maximum atomic E-state index is 11.9. The van der Waals surface area contributed by atoms with E-state index in [1.54, 1.807) is 25.5 Å². The van der Waals surface area contributed by atoms with Crippen LogP contribution in [0.25, 0.3) is 0 Å². The number of sulfonamides is 1. The zero-order valence-corrected chi connectivity index (χ0v) is 23.9. The first-order valence-corrected chi connectivity index (χ1v) is 15.5. The highest BCUT2D eigenvalue weighted by Gasteiger charge is 2.29. The molecule has 12 heteroatoms. The van der Waals surface area contributed by atoms with E-state index < -0.39 is 10.0 Å². The maximum absolute atomic E-state index is 11.9. The summed E-state index contributed by atoms with van der Waals surface area (Å²) in [5.41, 5.74) is 3.48. The molecule has 4 rings (SSSR count). The maximum Gasteiger partial charge on any atom is 0.256 e. The van der Waals surface area contributed by atoms with Gasteiger partial charge in [-0.25, -0.2) is 18.1 Å². The lowest BCUT2D eigenvalue weighted by Crippen LogP contribution is -2.48. The summed E-state index contributed by atoms with van der Waals surface area (Å²) in [5.74, 6) is 0.793. The summed E-state index contributed by atoms with van der Waals surface area (Å²) in [7, 11) is -0.0287. The van der Waals surface area contributed by atoms with E-state index in [1.165, 1.54) is 17.4 Å². The minimum atomic E-state index is -3.33. The Kier molecular flexibility index (Phi) is 10.2. The number of fused-ring (bicyclic) bond motifs is 1.